The third-order valence-electron chi connectivity index (χ3n) is 1.86. The first-order chi connectivity index (χ1) is 7.33. The molecule has 0 bridgehead atoms. The van der Waals surface area contributed by atoms with E-state index >= 15 is 0 Å². The molecule has 0 amide bonds. The van der Waals surface area contributed by atoms with E-state index in [4.69, 9.17) is 4.43 Å². The van der Waals surface area contributed by atoms with E-state index in [2.05, 4.69) is 31.2 Å². The van der Waals surface area contributed by atoms with Crippen LogP contribution in [0.25, 0.3) is 0 Å². The molecule has 0 radical (unpaired) electrons. The molecule has 0 aliphatic rings. The van der Waals surface area contributed by atoms with Crippen molar-refractivity contribution in [1.29, 1.82) is 0 Å². The Morgan fingerprint density at radius 2 is 2.19 bits per heavy atom. The van der Waals surface area contributed by atoms with Crippen LogP contribution in [0, 0.1) is 6.92 Å². The first-order valence-electron chi connectivity index (χ1n) is 5.21. The summed E-state index contributed by atoms with van der Waals surface area (Å²) in [5.41, 5.74) is 0.586. The summed E-state index contributed by atoms with van der Waals surface area (Å²) >= 11 is 0. The summed E-state index contributed by atoms with van der Waals surface area (Å²) in [5, 5.41) is 0. The van der Waals surface area contributed by atoms with Gasteiger partial charge in [-0.05, 0) is 26.6 Å². The lowest BCUT2D eigenvalue weighted by Gasteiger charge is -2.19. The Hall–Kier alpha value is -1.36. The maximum atomic E-state index is 11.6. The Morgan fingerprint density at radius 3 is 2.69 bits per heavy atom. The second kappa shape index (κ2) is 4.65. The second-order valence-corrected chi connectivity index (χ2v) is 9.10. The molecule has 0 fully saturated rings. The maximum Gasteiger partial charge on any atom is 0.351 e. The molecule has 0 unspecified atom stereocenters. The molecule has 0 saturated carbocycles. The van der Waals surface area contributed by atoms with Gasteiger partial charge >= 0.3 is 5.69 Å². The van der Waals surface area contributed by atoms with E-state index in [1.165, 1.54) is 4.57 Å². The van der Waals surface area contributed by atoms with Crippen molar-refractivity contribution < 1.29 is 4.43 Å². The molecule has 88 valence electrons. The van der Waals surface area contributed by atoms with E-state index in [0.717, 1.165) is 5.56 Å². The largest absolute Gasteiger partial charge is 0.531 e. The van der Waals surface area contributed by atoms with E-state index in [1.54, 1.807) is 12.3 Å². The van der Waals surface area contributed by atoms with Crippen molar-refractivity contribution in [2.45, 2.75) is 33.1 Å². The van der Waals surface area contributed by atoms with E-state index in [-0.39, 0.29) is 5.69 Å². The molecule has 5 heteroatoms. The molecule has 4 nitrogen and oxygen atoms in total. The van der Waals surface area contributed by atoms with Crippen LogP contribution in [-0.2, 0) is 6.54 Å². The molecule has 0 N–H and O–H groups in total. The Kier molecular flexibility index (Phi) is 3.69. The highest BCUT2D eigenvalue weighted by atomic mass is 28.4. The van der Waals surface area contributed by atoms with Gasteiger partial charge in [-0.2, -0.15) is 4.98 Å². The Balaban J connectivity index is 3.10. The number of nitrogens with zero attached hydrogens (tertiary/aromatic N) is 2. The van der Waals surface area contributed by atoms with Gasteiger partial charge in [0, 0.05) is 18.3 Å². The number of hydrogen-bond acceptors (Lipinski definition) is 3. The average molecular weight is 238 g/mol. The van der Waals surface area contributed by atoms with Gasteiger partial charge in [0.15, 0.2) is 0 Å². The fourth-order valence-electron chi connectivity index (χ4n) is 1.25. The molecule has 1 rings (SSSR count). The quantitative estimate of drug-likeness (QED) is 0.595. The zero-order valence-electron chi connectivity index (χ0n) is 10.3. The molecule has 1 heterocycles. The van der Waals surface area contributed by atoms with Crippen LogP contribution in [0.2, 0.25) is 19.6 Å². The van der Waals surface area contributed by atoms with Crippen LogP contribution in [-0.4, -0.2) is 17.9 Å². The molecule has 0 saturated heterocycles. The summed E-state index contributed by atoms with van der Waals surface area (Å²) in [6.45, 7) is 12.1. The lowest BCUT2D eigenvalue weighted by molar-refractivity contribution is 0.516. The molecule has 0 aliphatic heterocycles. The third kappa shape index (κ3) is 3.34. The highest BCUT2D eigenvalue weighted by molar-refractivity contribution is 6.70. The van der Waals surface area contributed by atoms with Gasteiger partial charge in [0.25, 0.3) is 0 Å². The molecular weight excluding hydrogens is 220 g/mol. The van der Waals surface area contributed by atoms with Gasteiger partial charge < -0.3 is 4.43 Å². The Morgan fingerprint density at radius 1 is 1.56 bits per heavy atom. The summed E-state index contributed by atoms with van der Waals surface area (Å²) < 4.78 is 7.25. The smallest absolute Gasteiger partial charge is 0.351 e. The highest BCUT2D eigenvalue weighted by Crippen LogP contribution is 2.15. The molecule has 0 aliphatic carbocycles. The third-order valence-corrected chi connectivity index (χ3v) is 2.66. The van der Waals surface area contributed by atoms with Gasteiger partial charge in [-0.15, -0.1) is 6.58 Å². The van der Waals surface area contributed by atoms with Crippen LogP contribution in [0.4, 0.5) is 0 Å². The summed E-state index contributed by atoms with van der Waals surface area (Å²) in [4.78, 5) is 15.6. The van der Waals surface area contributed by atoms with E-state index < -0.39 is 8.32 Å². The minimum atomic E-state index is -1.72. The van der Waals surface area contributed by atoms with Crippen molar-refractivity contribution in [2.75, 3.05) is 0 Å². The van der Waals surface area contributed by atoms with Crippen molar-refractivity contribution >= 4 is 8.32 Å². The van der Waals surface area contributed by atoms with E-state index in [1.807, 2.05) is 6.92 Å². The van der Waals surface area contributed by atoms with Crippen LogP contribution >= 0.6 is 0 Å². The normalized spacial score (nSPS) is 11.2. The Bertz CT molecular complexity index is 446. The van der Waals surface area contributed by atoms with Crippen molar-refractivity contribution in [3.8, 4) is 5.88 Å². The molecule has 16 heavy (non-hydrogen) atoms. The van der Waals surface area contributed by atoms with Gasteiger partial charge in [0.2, 0.25) is 14.2 Å². The summed E-state index contributed by atoms with van der Waals surface area (Å²) in [5.74, 6) is 0.462. The van der Waals surface area contributed by atoms with Crippen molar-refractivity contribution in [3.05, 3.63) is 34.9 Å². The fourth-order valence-corrected chi connectivity index (χ4v) is 2.03. The standard InChI is InChI=1S/C11H18N2O2Si/c1-6-7-13-8-9(2)10(12-11(13)14)15-16(3,4)5/h6,8H,1,7H2,2-5H3. The van der Waals surface area contributed by atoms with Gasteiger partial charge in [-0.25, -0.2) is 4.79 Å². The zero-order chi connectivity index (χ0) is 12.3. The van der Waals surface area contributed by atoms with E-state index in [0.29, 0.717) is 12.4 Å². The molecule has 0 spiro atoms. The predicted octanol–water partition coefficient (Wildman–Crippen LogP) is 1.95. The van der Waals surface area contributed by atoms with Crippen LogP contribution < -0.4 is 10.1 Å². The molecule has 1 aromatic rings. The number of rotatable bonds is 4. The second-order valence-electron chi connectivity index (χ2n) is 4.67. The number of hydrogen-bond donors (Lipinski definition) is 0. The van der Waals surface area contributed by atoms with Gasteiger partial charge in [0.1, 0.15) is 0 Å². The first-order valence-corrected chi connectivity index (χ1v) is 8.62. The molecular formula is C11H18N2O2Si. The fraction of sp³-hybridized carbons (Fsp3) is 0.455. The first kappa shape index (κ1) is 12.7. The Labute approximate surface area is 96.7 Å². The lowest BCUT2D eigenvalue weighted by Crippen LogP contribution is -2.32. The number of aryl methyl sites for hydroxylation is 1. The summed E-state index contributed by atoms with van der Waals surface area (Å²) in [7, 11) is -1.72. The zero-order valence-corrected chi connectivity index (χ0v) is 11.3. The molecule has 0 atom stereocenters. The van der Waals surface area contributed by atoms with Crippen molar-refractivity contribution in [3.63, 3.8) is 0 Å². The van der Waals surface area contributed by atoms with Crippen LogP contribution in [0.15, 0.2) is 23.6 Å². The summed E-state index contributed by atoms with van der Waals surface area (Å²) in [6.07, 6.45) is 3.42. The van der Waals surface area contributed by atoms with Crippen molar-refractivity contribution in [1.82, 2.24) is 9.55 Å². The number of allylic oxidation sites excluding steroid dienone is 1. The van der Waals surface area contributed by atoms with Gasteiger partial charge in [-0.3, -0.25) is 4.57 Å². The highest BCUT2D eigenvalue weighted by Gasteiger charge is 2.19. The van der Waals surface area contributed by atoms with Gasteiger partial charge in [-0.1, -0.05) is 6.08 Å². The van der Waals surface area contributed by atoms with E-state index in [9.17, 15) is 4.79 Å². The minimum absolute atomic E-state index is 0.293. The topological polar surface area (TPSA) is 44.1 Å². The maximum absolute atomic E-state index is 11.6. The molecule has 1 aromatic heterocycles. The SMILES string of the molecule is C=CCn1cc(C)c(O[Si](C)(C)C)nc1=O. The average Bonchev–Trinajstić information content (AvgIpc) is 2.11. The monoisotopic (exact) mass is 238 g/mol. The minimum Gasteiger partial charge on any atom is -0.531 e. The summed E-state index contributed by atoms with van der Waals surface area (Å²) in [6, 6.07) is 0. The van der Waals surface area contributed by atoms with Crippen LogP contribution in [0.1, 0.15) is 5.56 Å². The van der Waals surface area contributed by atoms with Crippen LogP contribution in [0.3, 0.4) is 0 Å². The predicted molar refractivity (Wildman–Crippen MR) is 67.4 cm³/mol. The number of aromatic nitrogens is 2. The van der Waals surface area contributed by atoms with Crippen molar-refractivity contribution in [2.24, 2.45) is 0 Å². The molecule has 0 aromatic carbocycles. The van der Waals surface area contributed by atoms with Gasteiger partial charge in [0.05, 0.1) is 0 Å². The lowest BCUT2D eigenvalue weighted by atomic mass is 10.4. The van der Waals surface area contributed by atoms with Crippen LogP contribution in [0.5, 0.6) is 5.88 Å².